The molecular weight excluding hydrogens is 250 g/mol. The van der Waals surface area contributed by atoms with Gasteiger partial charge in [-0.1, -0.05) is 27.7 Å². The van der Waals surface area contributed by atoms with Gasteiger partial charge in [-0.25, -0.2) is 10.8 Å². The van der Waals surface area contributed by atoms with Crippen LogP contribution in [0.1, 0.15) is 46.1 Å². The lowest BCUT2D eigenvalue weighted by Gasteiger charge is -2.27. The fourth-order valence-corrected chi connectivity index (χ4v) is 1.97. The van der Waals surface area contributed by atoms with Gasteiger partial charge >= 0.3 is 0 Å². The zero-order valence-corrected chi connectivity index (χ0v) is 13.5. The molecule has 5 heteroatoms. The van der Waals surface area contributed by atoms with Crippen molar-refractivity contribution < 1.29 is 0 Å². The normalized spacial score (nSPS) is 11.2. The Morgan fingerprint density at radius 3 is 2.15 bits per heavy atom. The third-order valence-electron chi connectivity index (χ3n) is 3.33. The number of nitrogens with one attached hydrogen (secondary N) is 1. The molecule has 1 heterocycles. The van der Waals surface area contributed by atoms with Crippen LogP contribution >= 0.6 is 0 Å². The molecule has 0 aromatic carbocycles. The fraction of sp³-hybridized carbons (Fsp3) is 0.733. The summed E-state index contributed by atoms with van der Waals surface area (Å²) in [4.78, 5) is 11.0. The minimum absolute atomic E-state index is 0.477. The predicted molar refractivity (Wildman–Crippen MR) is 85.7 cm³/mol. The summed E-state index contributed by atoms with van der Waals surface area (Å²) in [5.74, 6) is 8.26. The van der Waals surface area contributed by atoms with Gasteiger partial charge in [0.15, 0.2) is 0 Å². The second-order valence-electron chi connectivity index (χ2n) is 6.20. The average Bonchev–Trinajstić information content (AvgIpc) is 2.39. The molecule has 5 nitrogen and oxygen atoms in total. The van der Waals surface area contributed by atoms with Crippen LogP contribution < -0.4 is 16.2 Å². The molecule has 1 aromatic rings. The van der Waals surface area contributed by atoms with E-state index in [0.29, 0.717) is 17.8 Å². The molecule has 0 aliphatic carbocycles. The second kappa shape index (κ2) is 8.04. The lowest BCUT2D eigenvalue weighted by Crippen LogP contribution is -2.29. The molecule has 0 saturated heterocycles. The van der Waals surface area contributed by atoms with Gasteiger partial charge in [0.05, 0.1) is 0 Å². The van der Waals surface area contributed by atoms with Crippen molar-refractivity contribution in [1.29, 1.82) is 0 Å². The van der Waals surface area contributed by atoms with Crippen molar-refractivity contribution in [2.75, 3.05) is 23.4 Å². The highest BCUT2D eigenvalue weighted by molar-refractivity contribution is 5.48. The number of anilines is 2. The van der Waals surface area contributed by atoms with Gasteiger partial charge in [0.2, 0.25) is 5.95 Å². The Labute approximate surface area is 123 Å². The summed E-state index contributed by atoms with van der Waals surface area (Å²) in [7, 11) is 0. The second-order valence-corrected chi connectivity index (χ2v) is 6.20. The maximum atomic E-state index is 5.42. The molecule has 0 radical (unpaired) electrons. The average molecular weight is 279 g/mol. The molecule has 20 heavy (non-hydrogen) atoms. The van der Waals surface area contributed by atoms with E-state index in [4.69, 9.17) is 5.84 Å². The molecule has 0 amide bonds. The minimum atomic E-state index is 0.477. The van der Waals surface area contributed by atoms with Crippen molar-refractivity contribution in [2.24, 2.45) is 17.7 Å². The van der Waals surface area contributed by atoms with Crippen LogP contribution in [0.3, 0.4) is 0 Å². The number of hydrazine groups is 1. The van der Waals surface area contributed by atoms with Gasteiger partial charge in [0.1, 0.15) is 5.82 Å². The van der Waals surface area contributed by atoms with E-state index in [-0.39, 0.29) is 0 Å². The van der Waals surface area contributed by atoms with Crippen molar-refractivity contribution in [2.45, 2.75) is 47.5 Å². The SMILES string of the molecule is Cc1cnc(NN)nc1N(CCC(C)C)CCC(C)C. The lowest BCUT2D eigenvalue weighted by molar-refractivity contribution is 0.532. The quantitative estimate of drug-likeness (QED) is 0.565. The van der Waals surface area contributed by atoms with Crippen molar-refractivity contribution in [1.82, 2.24) is 9.97 Å². The Kier molecular flexibility index (Phi) is 6.71. The minimum Gasteiger partial charge on any atom is -0.356 e. The van der Waals surface area contributed by atoms with E-state index in [1.165, 1.54) is 0 Å². The summed E-state index contributed by atoms with van der Waals surface area (Å²) in [6.07, 6.45) is 4.15. The first-order valence-corrected chi connectivity index (χ1v) is 7.49. The third kappa shape index (κ3) is 5.33. The highest BCUT2D eigenvalue weighted by atomic mass is 15.3. The first-order valence-electron chi connectivity index (χ1n) is 7.49. The molecule has 0 bridgehead atoms. The third-order valence-corrected chi connectivity index (χ3v) is 3.33. The largest absolute Gasteiger partial charge is 0.356 e. The number of hydrogen-bond donors (Lipinski definition) is 2. The standard InChI is InChI=1S/C15H29N5/c1-11(2)6-8-20(9-7-12(3)4)14-13(5)10-17-15(18-14)19-16/h10-12H,6-9,16H2,1-5H3,(H,17,18,19). The van der Waals surface area contributed by atoms with Crippen LogP contribution in [-0.2, 0) is 0 Å². The van der Waals surface area contributed by atoms with Crippen molar-refractivity contribution in [3.63, 3.8) is 0 Å². The highest BCUT2D eigenvalue weighted by Gasteiger charge is 2.13. The molecular formula is C15H29N5. The van der Waals surface area contributed by atoms with E-state index >= 15 is 0 Å². The number of aryl methyl sites for hydroxylation is 1. The molecule has 114 valence electrons. The van der Waals surface area contributed by atoms with Gasteiger partial charge in [-0.3, -0.25) is 5.43 Å². The summed E-state index contributed by atoms with van der Waals surface area (Å²) in [5, 5.41) is 0. The van der Waals surface area contributed by atoms with Crippen LogP contribution in [0, 0.1) is 18.8 Å². The van der Waals surface area contributed by atoms with Crippen LogP contribution in [0.25, 0.3) is 0 Å². The first-order chi connectivity index (χ1) is 9.43. The predicted octanol–water partition coefficient (Wildman–Crippen LogP) is 2.97. The fourth-order valence-electron chi connectivity index (χ4n) is 1.97. The van der Waals surface area contributed by atoms with Gasteiger partial charge in [-0.15, -0.1) is 0 Å². The molecule has 0 unspecified atom stereocenters. The van der Waals surface area contributed by atoms with Crippen LogP contribution in [0.5, 0.6) is 0 Å². The Morgan fingerprint density at radius 2 is 1.70 bits per heavy atom. The van der Waals surface area contributed by atoms with Crippen molar-refractivity contribution in [3.05, 3.63) is 11.8 Å². The Bertz CT molecular complexity index is 391. The number of aromatic nitrogens is 2. The van der Waals surface area contributed by atoms with Crippen molar-refractivity contribution in [3.8, 4) is 0 Å². The van der Waals surface area contributed by atoms with E-state index in [2.05, 4.69) is 48.0 Å². The molecule has 0 aliphatic heterocycles. The van der Waals surface area contributed by atoms with Gasteiger partial charge in [0, 0.05) is 24.8 Å². The van der Waals surface area contributed by atoms with E-state index in [0.717, 1.165) is 37.3 Å². The number of nitrogens with two attached hydrogens (primary N) is 1. The number of nitrogen functional groups attached to an aromatic ring is 1. The Hall–Kier alpha value is -1.36. The zero-order valence-electron chi connectivity index (χ0n) is 13.5. The molecule has 0 aliphatic rings. The van der Waals surface area contributed by atoms with Crippen LogP contribution in [-0.4, -0.2) is 23.1 Å². The summed E-state index contributed by atoms with van der Waals surface area (Å²) >= 11 is 0. The molecule has 1 aromatic heterocycles. The van der Waals surface area contributed by atoms with Crippen molar-refractivity contribution >= 4 is 11.8 Å². The highest BCUT2D eigenvalue weighted by Crippen LogP contribution is 2.20. The number of rotatable bonds is 8. The molecule has 3 N–H and O–H groups in total. The number of nitrogens with zero attached hydrogens (tertiary/aromatic N) is 3. The summed E-state index contributed by atoms with van der Waals surface area (Å²) in [5.41, 5.74) is 3.62. The summed E-state index contributed by atoms with van der Waals surface area (Å²) < 4.78 is 0. The molecule has 0 fully saturated rings. The Morgan fingerprint density at radius 1 is 1.15 bits per heavy atom. The lowest BCUT2D eigenvalue weighted by atomic mass is 10.1. The first kappa shape index (κ1) is 16.7. The van der Waals surface area contributed by atoms with Gasteiger partial charge in [-0.2, -0.15) is 4.98 Å². The molecule has 0 spiro atoms. The van der Waals surface area contributed by atoms with Gasteiger partial charge in [0.25, 0.3) is 0 Å². The van der Waals surface area contributed by atoms with E-state index in [9.17, 15) is 0 Å². The molecule has 1 rings (SSSR count). The van der Waals surface area contributed by atoms with E-state index in [1.807, 2.05) is 13.1 Å². The smallest absolute Gasteiger partial charge is 0.239 e. The molecule has 0 saturated carbocycles. The number of hydrogen-bond acceptors (Lipinski definition) is 5. The maximum Gasteiger partial charge on any atom is 0.239 e. The topological polar surface area (TPSA) is 67.1 Å². The van der Waals surface area contributed by atoms with Gasteiger partial charge < -0.3 is 4.90 Å². The van der Waals surface area contributed by atoms with Crippen LogP contribution in [0.4, 0.5) is 11.8 Å². The van der Waals surface area contributed by atoms with Gasteiger partial charge in [-0.05, 0) is 31.6 Å². The van der Waals surface area contributed by atoms with E-state index < -0.39 is 0 Å². The monoisotopic (exact) mass is 279 g/mol. The maximum absolute atomic E-state index is 5.42. The van der Waals surface area contributed by atoms with Crippen LogP contribution in [0.15, 0.2) is 6.20 Å². The molecule has 0 atom stereocenters. The van der Waals surface area contributed by atoms with Crippen LogP contribution in [0.2, 0.25) is 0 Å². The van der Waals surface area contributed by atoms with E-state index in [1.54, 1.807) is 0 Å². The summed E-state index contributed by atoms with van der Waals surface area (Å²) in [6, 6.07) is 0. The summed E-state index contributed by atoms with van der Waals surface area (Å²) in [6.45, 7) is 13.1. The zero-order chi connectivity index (χ0) is 15.1. The Balaban J connectivity index is 2.89.